The van der Waals surface area contributed by atoms with E-state index in [1.165, 1.54) is 70.0 Å². The number of hydrogen-bond donors (Lipinski definition) is 1. The van der Waals surface area contributed by atoms with Crippen molar-refractivity contribution >= 4 is 0 Å². The SMILES string of the molecule is NC(CN1CCCCCC1)c1ccc2c(c1)CCCC2. The smallest absolute Gasteiger partial charge is 0.0424 e. The lowest BCUT2D eigenvalue weighted by Gasteiger charge is -2.25. The Morgan fingerprint density at radius 1 is 0.900 bits per heavy atom. The summed E-state index contributed by atoms with van der Waals surface area (Å²) in [5, 5.41) is 0. The zero-order valence-electron chi connectivity index (χ0n) is 12.6. The van der Waals surface area contributed by atoms with Crippen molar-refractivity contribution in [2.75, 3.05) is 19.6 Å². The molecule has 0 amide bonds. The summed E-state index contributed by atoms with van der Waals surface area (Å²) in [7, 11) is 0. The lowest BCUT2D eigenvalue weighted by molar-refractivity contribution is 0.268. The van der Waals surface area contributed by atoms with Gasteiger partial charge >= 0.3 is 0 Å². The summed E-state index contributed by atoms with van der Waals surface area (Å²) in [6.45, 7) is 3.50. The second-order valence-electron chi connectivity index (χ2n) is 6.56. The quantitative estimate of drug-likeness (QED) is 0.913. The Morgan fingerprint density at radius 2 is 1.60 bits per heavy atom. The van der Waals surface area contributed by atoms with Crippen molar-refractivity contribution in [1.82, 2.24) is 4.90 Å². The highest BCUT2D eigenvalue weighted by Crippen LogP contribution is 2.25. The number of aryl methyl sites for hydroxylation is 2. The van der Waals surface area contributed by atoms with Crippen LogP contribution in [-0.4, -0.2) is 24.5 Å². The Kier molecular flexibility index (Phi) is 4.74. The first-order valence-electron chi connectivity index (χ1n) is 8.42. The maximum absolute atomic E-state index is 6.47. The molecule has 1 saturated heterocycles. The van der Waals surface area contributed by atoms with Gasteiger partial charge in [-0.2, -0.15) is 0 Å². The number of hydrogen-bond acceptors (Lipinski definition) is 2. The van der Waals surface area contributed by atoms with Gasteiger partial charge in [0.2, 0.25) is 0 Å². The summed E-state index contributed by atoms with van der Waals surface area (Å²) in [5.41, 5.74) is 10.9. The fraction of sp³-hybridized carbons (Fsp3) is 0.667. The van der Waals surface area contributed by atoms with Crippen LogP contribution in [0.25, 0.3) is 0 Å². The van der Waals surface area contributed by atoms with Crippen LogP contribution >= 0.6 is 0 Å². The molecule has 1 atom stereocenters. The molecule has 1 fully saturated rings. The highest BCUT2D eigenvalue weighted by molar-refractivity contribution is 5.35. The number of benzene rings is 1. The van der Waals surface area contributed by atoms with Crippen molar-refractivity contribution in [1.29, 1.82) is 0 Å². The van der Waals surface area contributed by atoms with Crippen molar-refractivity contribution in [2.45, 2.75) is 57.4 Å². The third-order valence-electron chi connectivity index (χ3n) is 4.95. The van der Waals surface area contributed by atoms with Crippen LogP contribution in [0.1, 0.15) is 61.3 Å². The van der Waals surface area contributed by atoms with E-state index in [9.17, 15) is 0 Å². The van der Waals surface area contributed by atoms with Gasteiger partial charge < -0.3 is 10.6 Å². The predicted octanol–water partition coefficient (Wildman–Crippen LogP) is 3.44. The molecule has 2 heteroatoms. The molecule has 0 radical (unpaired) electrons. The van der Waals surface area contributed by atoms with Gasteiger partial charge in [-0.15, -0.1) is 0 Å². The maximum atomic E-state index is 6.47. The topological polar surface area (TPSA) is 29.3 Å². The molecule has 110 valence electrons. The number of likely N-dealkylation sites (tertiary alicyclic amines) is 1. The van der Waals surface area contributed by atoms with Crippen LogP contribution < -0.4 is 5.73 Å². The van der Waals surface area contributed by atoms with Gasteiger partial charge in [0.1, 0.15) is 0 Å². The minimum Gasteiger partial charge on any atom is -0.323 e. The summed E-state index contributed by atoms with van der Waals surface area (Å²) >= 11 is 0. The van der Waals surface area contributed by atoms with Crippen molar-refractivity contribution in [2.24, 2.45) is 5.73 Å². The second kappa shape index (κ2) is 6.73. The molecular formula is C18H28N2. The second-order valence-corrected chi connectivity index (χ2v) is 6.56. The number of rotatable bonds is 3. The molecule has 1 aliphatic carbocycles. The third-order valence-corrected chi connectivity index (χ3v) is 4.95. The van der Waals surface area contributed by atoms with Crippen LogP contribution in [0, 0.1) is 0 Å². The van der Waals surface area contributed by atoms with Gasteiger partial charge in [0, 0.05) is 12.6 Å². The summed E-state index contributed by atoms with van der Waals surface area (Å²) in [5.74, 6) is 0. The fourth-order valence-corrected chi connectivity index (χ4v) is 3.69. The van der Waals surface area contributed by atoms with Crippen molar-refractivity contribution in [3.8, 4) is 0 Å². The van der Waals surface area contributed by atoms with Crippen molar-refractivity contribution < 1.29 is 0 Å². The molecule has 20 heavy (non-hydrogen) atoms. The van der Waals surface area contributed by atoms with E-state index in [1.54, 1.807) is 11.1 Å². The van der Waals surface area contributed by atoms with Crippen LogP contribution in [0.4, 0.5) is 0 Å². The van der Waals surface area contributed by atoms with E-state index in [4.69, 9.17) is 5.73 Å². The Balaban J connectivity index is 1.65. The largest absolute Gasteiger partial charge is 0.323 e. The van der Waals surface area contributed by atoms with E-state index in [0.29, 0.717) is 0 Å². The van der Waals surface area contributed by atoms with Gasteiger partial charge in [0.15, 0.2) is 0 Å². The third kappa shape index (κ3) is 3.42. The van der Waals surface area contributed by atoms with Crippen LogP contribution in [-0.2, 0) is 12.8 Å². The zero-order valence-corrected chi connectivity index (χ0v) is 12.6. The van der Waals surface area contributed by atoms with Gasteiger partial charge in [0.05, 0.1) is 0 Å². The first-order valence-corrected chi connectivity index (χ1v) is 8.42. The van der Waals surface area contributed by atoms with E-state index in [0.717, 1.165) is 6.54 Å². The fourth-order valence-electron chi connectivity index (χ4n) is 3.69. The summed E-state index contributed by atoms with van der Waals surface area (Å²) in [4.78, 5) is 2.57. The molecule has 0 bridgehead atoms. The maximum Gasteiger partial charge on any atom is 0.0424 e. The van der Waals surface area contributed by atoms with Crippen LogP contribution in [0.2, 0.25) is 0 Å². The lowest BCUT2D eigenvalue weighted by atomic mass is 9.89. The van der Waals surface area contributed by atoms with Gasteiger partial charge in [-0.05, 0) is 68.3 Å². The Labute approximate surface area is 123 Å². The molecule has 0 spiro atoms. The number of nitrogens with two attached hydrogens (primary N) is 1. The van der Waals surface area contributed by atoms with E-state index in [-0.39, 0.29) is 6.04 Å². The average molecular weight is 272 g/mol. The Morgan fingerprint density at radius 3 is 2.35 bits per heavy atom. The Hall–Kier alpha value is -0.860. The molecule has 2 aliphatic rings. The van der Waals surface area contributed by atoms with Gasteiger partial charge in [-0.25, -0.2) is 0 Å². The van der Waals surface area contributed by atoms with E-state index < -0.39 is 0 Å². The van der Waals surface area contributed by atoms with Gasteiger partial charge in [-0.3, -0.25) is 0 Å². The van der Waals surface area contributed by atoms with Crippen LogP contribution in [0.15, 0.2) is 18.2 Å². The minimum absolute atomic E-state index is 0.181. The molecule has 1 aromatic rings. The molecule has 1 heterocycles. The summed E-state index contributed by atoms with van der Waals surface area (Å²) in [6, 6.07) is 7.16. The molecule has 1 unspecified atom stereocenters. The highest BCUT2D eigenvalue weighted by atomic mass is 15.1. The highest BCUT2D eigenvalue weighted by Gasteiger charge is 2.16. The molecule has 1 aromatic carbocycles. The summed E-state index contributed by atoms with van der Waals surface area (Å²) < 4.78 is 0. The Bertz CT molecular complexity index is 433. The van der Waals surface area contributed by atoms with E-state index in [1.807, 2.05) is 0 Å². The van der Waals surface area contributed by atoms with Crippen molar-refractivity contribution in [3.63, 3.8) is 0 Å². The lowest BCUT2D eigenvalue weighted by Crippen LogP contribution is -2.33. The molecule has 2 nitrogen and oxygen atoms in total. The predicted molar refractivity (Wildman–Crippen MR) is 84.9 cm³/mol. The van der Waals surface area contributed by atoms with E-state index >= 15 is 0 Å². The normalized spacial score (nSPS) is 22.1. The van der Waals surface area contributed by atoms with Gasteiger partial charge in [0.25, 0.3) is 0 Å². The van der Waals surface area contributed by atoms with Crippen LogP contribution in [0.3, 0.4) is 0 Å². The number of fused-ring (bicyclic) bond motifs is 1. The average Bonchev–Trinajstić information content (AvgIpc) is 2.75. The molecule has 0 saturated carbocycles. The molecular weight excluding hydrogens is 244 g/mol. The standard InChI is InChI=1S/C18H28N2/c19-18(14-20-11-5-1-2-6-12-20)17-10-9-15-7-3-4-8-16(15)13-17/h9-10,13,18H,1-8,11-12,14,19H2. The zero-order chi connectivity index (χ0) is 13.8. The molecule has 0 aromatic heterocycles. The molecule has 1 aliphatic heterocycles. The van der Waals surface area contributed by atoms with Crippen LogP contribution in [0.5, 0.6) is 0 Å². The molecule has 2 N–H and O–H groups in total. The first kappa shape index (κ1) is 14.1. The minimum atomic E-state index is 0.181. The number of nitrogens with zero attached hydrogens (tertiary/aromatic N) is 1. The van der Waals surface area contributed by atoms with Gasteiger partial charge in [-0.1, -0.05) is 31.0 Å². The summed E-state index contributed by atoms with van der Waals surface area (Å²) in [6.07, 6.45) is 10.7. The van der Waals surface area contributed by atoms with Crippen molar-refractivity contribution in [3.05, 3.63) is 34.9 Å². The monoisotopic (exact) mass is 272 g/mol. The first-order chi connectivity index (χ1) is 9.83. The van der Waals surface area contributed by atoms with E-state index in [2.05, 4.69) is 23.1 Å². The molecule has 3 rings (SSSR count).